The molecule has 0 saturated heterocycles. The van der Waals surface area contributed by atoms with E-state index in [-0.39, 0.29) is 17.0 Å². The zero-order valence-electron chi connectivity index (χ0n) is 17.1. The van der Waals surface area contributed by atoms with Crippen molar-refractivity contribution < 1.29 is 23.1 Å². The van der Waals surface area contributed by atoms with Gasteiger partial charge in [-0.3, -0.25) is 9.59 Å². The largest absolute Gasteiger partial charge is 0.496 e. The molecule has 1 aliphatic rings. The fourth-order valence-electron chi connectivity index (χ4n) is 3.51. The molecule has 0 bridgehead atoms. The lowest BCUT2D eigenvalue weighted by Gasteiger charge is -2.16. The second-order valence-corrected chi connectivity index (χ2v) is 7.52. The number of para-hydroxylation sites is 1. The van der Waals surface area contributed by atoms with Gasteiger partial charge in [-0.15, -0.1) is 0 Å². The third-order valence-corrected chi connectivity index (χ3v) is 5.30. The van der Waals surface area contributed by atoms with E-state index in [1.807, 2.05) is 0 Å². The number of ether oxygens (including phenoxy) is 1. The van der Waals surface area contributed by atoms with Crippen LogP contribution in [0.3, 0.4) is 0 Å². The van der Waals surface area contributed by atoms with E-state index in [2.05, 4.69) is 5.32 Å². The minimum Gasteiger partial charge on any atom is -0.496 e. The standard InChI is InChI=1S/C24H17ClF2N2O3/c1-13-11-14(25)7-10-19(13)28-22-21(16-5-3-4-6-20(16)32-2)23(30)29(24(22)31)15-8-9-17(26)18(27)12-15/h3-12,28H,1-2H3. The zero-order valence-corrected chi connectivity index (χ0v) is 17.8. The number of nitrogens with one attached hydrogen (secondary N) is 1. The number of nitrogens with zero attached hydrogens (tertiary/aromatic N) is 1. The Hall–Kier alpha value is -3.71. The minimum atomic E-state index is -1.17. The van der Waals surface area contributed by atoms with E-state index in [0.717, 1.165) is 22.6 Å². The van der Waals surface area contributed by atoms with Crippen molar-refractivity contribution in [3.63, 3.8) is 0 Å². The van der Waals surface area contributed by atoms with Crippen LogP contribution >= 0.6 is 11.6 Å². The Balaban J connectivity index is 1.88. The first kappa shape index (κ1) is 21.5. The normalized spacial score (nSPS) is 13.7. The lowest BCUT2D eigenvalue weighted by Crippen LogP contribution is -2.32. The number of imide groups is 1. The van der Waals surface area contributed by atoms with E-state index in [1.165, 1.54) is 13.2 Å². The van der Waals surface area contributed by atoms with Gasteiger partial charge < -0.3 is 10.1 Å². The quantitative estimate of drug-likeness (QED) is 0.529. The molecule has 0 saturated carbocycles. The average Bonchev–Trinajstić information content (AvgIpc) is 3.01. The number of aryl methyl sites for hydroxylation is 1. The first-order chi connectivity index (χ1) is 15.3. The van der Waals surface area contributed by atoms with Crippen LogP contribution in [0.25, 0.3) is 5.57 Å². The number of methoxy groups -OCH3 is 1. The molecule has 1 aliphatic heterocycles. The van der Waals surface area contributed by atoms with E-state index < -0.39 is 23.4 Å². The SMILES string of the molecule is COc1ccccc1C1=C(Nc2ccc(Cl)cc2C)C(=O)N(c2ccc(F)c(F)c2)C1=O. The Morgan fingerprint density at radius 1 is 0.938 bits per heavy atom. The van der Waals surface area contributed by atoms with Crippen LogP contribution in [0.4, 0.5) is 20.2 Å². The molecule has 0 aliphatic carbocycles. The number of amides is 2. The van der Waals surface area contributed by atoms with Gasteiger partial charge in [-0.05, 0) is 48.9 Å². The number of hydrogen-bond acceptors (Lipinski definition) is 4. The number of rotatable bonds is 5. The summed E-state index contributed by atoms with van der Waals surface area (Å²) in [6.45, 7) is 1.80. The van der Waals surface area contributed by atoms with Gasteiger partial charge in [0, 0.05) is 22.3 Å². The van der Waals surface area contributed by atoms with E-state index in [9.17, 15) is 18.4 Å². The molecule has 2 amide bonds. The molecule has 1 heterocycles. The van der Waals surface area contributed by atoms with Crippen LogP contribution in [0.5, 0.6) is 5.75 Å². The van der Waals surface area contributed by atoms with Gasteiger partial charge in [0.05, 0.1) is 18.4 Å². The lowest BCUT2D eigenvalue weighted by molar-refractivity contribution is -0.120. The molecule has 0 radical (unpaired) electrons. The fraction of sp³-hybridized carbons (Fsp3) is 0.0833. The van der Waals surface area contributed by atoms with Gasteiger partial charge >= 0.3 is 0 Å². The lowest BCUT2D eigenvalue weighted by atomic mass is 10.0. The third-order valence-electron chi connectivity index (χ3n) is 5.07. The van der Waals surface area contributed by atoms with Crippen LogP contribution in [0.1, 0.15) is 11.1 Å². The highest BCUT2D eigenvalue weighted by atomic mass is 35.5. The third kappa shape index (κ3) is 3.71. The number of halogens is 3. The highest BCUT2D eigenvalue weighted by molar-refractivity contribution is 6.46. The second-order valence-electron chi connectivity index (χ2n) is 7.08. The number of carbonyl (C=O) groups is 2. The molecule has 0 fully saturated rings. The van der Waals surface area contributed by atoms with Crippen LogP contribution in [-0.2, 0) is 9.59 Å². The summed E-state index contributed by atoms with van der Waals surface area (Å²) in [7, 11) is 1.45. The summed E-state index contributed by atoms with van der Waals surface area (Å²) in [6, 6.07) is 14.6. The van der Waals surface area contributed by atoms with Crippen molar-refractivity contribution in [1.29, 1.82) is 0 Å². The van der Waals surface area contributed by atoms with E-state index in [0.29, 0.717) is 22.0 Å². The predicted octanol–water partition coefficient (Wildman–Crippen LogP) is 5.33. The Morgan fingerprint density at radius 3 is 2.38 bits per heavy atom. The maximum absolute atomic E-state index is 13.9. The number of carbonyl (C=O) groups excluding carboxylic acids is 2. The zero-order chi connectivity index (χ0) is 23.0. The molecule has 0 aromatic heterocycles. The number of hydrogen-bond donors (Lipinski definition) is 1. The molecule has 4 rings (SSSR count). The van der Waals surface area contributed by atoms with Crippen molar-refractivity contribution >= 4 is 40.4 Å². The van der Waals surface area contributed by atoms with Crippen molar-refractivity contribution in [2.24, 2.45) is 0 Å². The number of benzene rings is 3. The van der Waals surface area contributed by atoms with Gasteiger partial charge in [0.15, 0.2) is 11.6 Å². The Kier molecular flexibility index (Phi) is 5.67. The van der Waals surface area contributed by atoms with Gasteiger partial charge in [-0.2, -0.15) is 0 Å². The molecule has 0 spiro atoms. The predicted molar refractivity (Wildman–Crippen MR) is 119 cm³/mol. The summed E-state index contributed by atoms with van der Waals surface area (Å²) in [5.74, 6) is -3.28. The van der Waals surface area contributed by atoms with E-state index in [4.69, 9.17) is 16.3 Å². The van der Waals surface area contributed by atoms with Gasteiger partial charge in [-0.25, -0.2) is 13.7 Å². The summed E-state index contributed by atoms with van der Waals surface area (Å²) < 4.78 is 32.7. The van der Waals surface area contributed by atoms with Crippen molar-refractivity contribution in [2.75, 3.05) is 17.3 Å². The molecule has 1 N–H and O–H groups in total. The second kappa shape index (κ2) is 8.43. The summed E-state index contributed by atoms with van der Waals surface area (Å²) in [5.41, 5.74) is 1.63. The molecule has 8 heteroatoms. The highest BCUT2D eigenvalue weighted by Gasteiger charge is 2.41. The van der Waals surface area contributed by atoms with Crippen molar-refractivity contribution in [1.82, 2.24) is 0 Å². The Morgan fingerprint density at radius 2 is 1.69 bits per heavy atom. The van der Waals surface area contributed by atoms with Gasteiger partial charge in [0.2, 0.25) is 0 Å². The monoisotopic (exact) mass is 454 g/mol. The van der Waals surface area contributed by atoms with Gasteiger partial charge in [0.1, 0.15) is 11.4 Å². The summed E-state index contributed by atoms with van der Waals surface area (Å²) in [6.07, 6.45) is 0. The van der Waals surface area contributed by atoms with Crippen LogP contribution in [-0.4, -0.2) is 18.9 Å². The first-order valence-corrected chi connectivity index (χ1v) is 9.94. The topological polar surface area (TPSA) is 58.6 Å². The average molecular weight is 455 g/mol. The Labute approximate surface area is 187 Å². The summed E-state index contributed by atoms with van der Waals surface area (Å²) in [5, 5.41) is 3.55. The minimum absolute atomic E-state index is 0.0188. The maximum Gasteiger partial charge on any atom is 0.282 e. The molecule has 5 nitrogen and oxygen atoms in total. The van der Waals surface area contributed by atoms with Crippen LogP contribution in [0, 0.1) is 18.6 Å². The molecular weight excluding hydrogens is 438 g/mol. The molecular formula is C24H17ClF2N2O3. The van der Waals surface area contributed by atoms with Crippen molar-refractivity contribution in [2.45, 2.75) is 6.92 Å². The molecule has 162 valence electrons. The number of anilines is 2. The molecule has 0 unspecified atom stereocenters. The van der Waals surface area contributed by atoms with Gasteiger partial charge in [0.25, 0.3) is 11.8 Å². The summed E-state index contributed by atoms with van der Waals surface area (Å²) >= 11 is 6.03. The van der Waals surface area contributed by atoms with Crippen LogP contribution < -0.4 is 15.0 Å². The molecule has 3 aromatic carbocycles. The van der Waals surface area contributed by atoms with E-state index >= 15 is 0 Å². The van der Waals surface area contributed by atoms with E-state index in [1.54, 1.807) is 49.4 Å². The van der Waals surface area contributed by atoms with Crippen LogP contribution in [0.15, 0.2) is 66.4 Å². The van der Waals surface area contributed by atoms with Gasteiger partial charge in [-0.1, -0.05) is 29.8 Å². The first-order valence-electron chi connectivity index (χ1n) is 9.56. The highest BCUT2D eigenvalue weighted by Crippen LogP contribution is 2.38. The molecule has 3 aromatic rings. The Bertz CT molecular complexity index is 1290. The van der Waals surface area contributed by atoms with Crippen molar-refractivity contribution in [3.8, 4) is 5.75 Å². The molecule has 32 heavy (non-hydrogen) atoms. The maximum atomic E-state index is 13.9. The van der Waals surface area contributed by atoms with Crippen molar-refractivity contribution in [3.05, 3.63) is 94.1 Å². The molecule has 0 atom stereocenters. The smallest absolute Gasteiger partial charge is 0.282 e. The van der Waals surface area contributed by atoms with Crippen LogP contribution in [0.2, 0.25) is 5.02 Å². The fourth-order valence-corrected chi connectivity index (χ4v) is 3.73. The summed E-state index contributed by atoms with van der Waals surface area (Å²) in [4.78, 5) is 27.6.